The van der Waals surface area contributed by atoms with E-state index in [1.807, 2.05) is 42.5 Å². The van der Waals surface area contributed by atoms with Gasteiger partial charge in [-0.2, -0.15) is 0 Å². The minimum Gasteiger partial charge on any atom is -0.462 e. The lowest BCUT2D eigenvalue weighted by Crippen LogP contribution is -2.40. The molecule has 0 saturated carbocycles. The number of allylic oxidation sites excluding steroid dienone is 1. The van der Waals surface area contributed by atoms with Crippen molar-refractivity contribution in [3.8, 4) is 0 Å². The zero-order valence-electron chi connectivity index (χ0n) is 21.2. The van der Waals surface area contributed by atoms with Gasteiger partial charge in [0.15, 0.2) is 0 Å². The zero-order valence-corrected chi connectivity index (χ0v) is 21.2. The summed E-state index contributed by atoms with van der Waals surface area (Å²) in [6.07, 6.45) is 4.59. The smallest absolute Gasteiger partial charge is 0.337 e. The Morgan fingerprint density at radius 1 is 0.892 bits per heavy atom. The molecule has 0 saturated heterocycles. The lowest BCUT2D eigenvalue weighted by molar-refractivity contribution is -0.154. The molecule has 0 radical (unpaired) electrons. The van der Waals surface area contributed by atoms with Crippen LogP contribution in [0.4, 0.5) is 5.69 Å². The molecule has 7 nitrogen and oxygen atoms in total. The summed E-state index contributed by atoms with van der Waals surface area (Å²) in [6, 6.07) is 15.7. The summed E-state index contributed by atoms with van der Waals surface area (Å²) in [4.78, 5) is 47.7. The second-order valence-electron chi connectivity index (χ2n) is 9.67. The van der Waals surface area contributed by atoms with Crippen molar-refractivity contribution in [1.29, 1.82) is 0 Å². The van der Waals surface area contributed by atoms with E-state index in [9.17, 15) is 14.4 Å². The van der Waals surface area contributed by atoms with Gasteiger partial charge in [0.2, 0.25) is 5.78 Å². The fourth-order valence-electron chi connectivity index (χ4n) is 4.96. The summed E-state index contributed by atoms with van der Waals surface area (Å²) < 4.78 is 11.2. The predicted octanol–water partition coefficient (Wildman–Crippen LogP) is 5.11. The lowest BCUT2D eigenvalue weighted by atomic mass is 9.90. The third-order valence-electron chi connectivity index (χ3n) is 6.36. The highest BCUT2D eigenvalue weighted by Gasteiger charge is 2.52. The van der Waals surface area contributed by atoms with Crippen LogP contribution >= 0.6 is 0 Å². The van der Waals surface area contributed by atoms with Crippen LogP contribution in [0.15, 0.2) is 78.1 Å². The molecule has 0 fully saturated rings. The number of benzene rings is 2. The topological polar surface area (TPSA) is 85.8 Å². The molecule has 2 atom stereocenters. The summed E-state index contributed by atoms with van der Waals surface area (Å²) in [5.74, 6) is -2.73. The van der Waals surface area contributed by atoms with Crippen molar-refractivity contribution in [3.05, 3.63) is 89.3 Å². The molecule has 5 rings (SSSR count). The maximum atomic E-state index is 14.1. The van der Waals surface area contributed by atoms with Gasteiger partial charge in [-0.15, -0.1) is 0 Å². The number of aromatic nitrogens is 1. The van der Waals surface area contributed by atoms with E-state index < -0.39 is 36.1 Å². The summed E-state index contributed by atoms with van der Waals surface area (Å²) in [6.45, 7) is 6.96. The van der Waals surface area contributed by atoms with Crippen molar-refractivity contribution in [1.82, 2.24) is 4.98 Å². The van der Waals surface area contributed by atoms with Gasteiger partial charge in [-0.1, -0.05) is 60.7 Å². The number of hydrogen-bond donors (Lipinski definition) is 0. The number of rotatable bonds is 6. The molecule has 0 aliphatic carbocycles. The summed E-state index contributed by atoms with van der Waals surface area (Å²) in [5.41, 5.74) is 2.67. The van der Waals surface area contributed by atoms with Crippen LogP contribution in [-0.4, -0.2) is 41.0 Å². The number of esters is 2. The molecule has 3 aromatic rings. The fourth-order valence-corrected chi connectivity index (χ4v) is 4.96. The summed E-state index contributed by atoms with van der Waals surface area (Å²) in [5, 5.41) is 0.876. The first kappa shape index (κ1) is 24.4. The molecule has 0 N–H and O–H groups in total. The second-order valence-corrected chi connectivity index (χ2v) is 9.67. The van der Waals surface area contributed by atoms with E-state index in [1.54, 1.807) is 63.1 Å². The van der Waals surface area contributed by atoms with Crippen molar-refractivity contribution in [2.75, 3.05) is 4.90 Å². The maximum absolute atomic E-state index is 14.1. The average Bonchev–Trinajstić information content (AvgIpc) is 3.23. The van der Waals surface area contributed by atoms with E-state index in [2.05, 4.69) is 4.98 Å². The van der Waals surface area contributed by atoms with E-state index in [0.717, 1.165) is 10.9 Å². The van der Waals surface area contributed by atoms with Gasteiger partial charge >= 0.3 is 11.9 Å². The molecule has 2 aromatic carbocycles. The highest BCUT2D eigenvalue weighted by molar-refractivity contribution is 6.19. The van der Waals surface area contributed by atoms with Crippen molar-refractivity contribution in [2.24, 2.45) is 5.92 Å². The van der Waals surface area contributed by atoms with Gasteiger partial charge in [-0.25, -0.2) is 4.79 Å². The van der Waals surface area contributed by atoms with E-state index in [4.69, 9.17) is 9.47 Å². The highest BCUT2D eigenvalue weighted by atomic mass is 16.6. The SMILES string of the molecule is CC(C)OC(=O)C1=C(C(=O)c2ccccc2)N2c3c(ccc4cccnc34)C=C[C@H]2[C@H]1C(=O)OC(C)C. The van der Waals surface area contributed by atoms with E-state index >= 15 is 0 Å². The fraction of sp³-hybridized carbons (Fsp3) is 0.267. The van der Waals surface area contributed by atoms with Crippen LogP contribution in [0.25, 0.3) is 17.0 Å². The second kappa shape index (κ2) is 9.65. The summed E-state index contributed by atoms with van der Waals surface area (Å²) in [7, 11) is 0. The van der Waals surface area contributed by atoms with Crippen molar-refractivity contribution in [3.63, 3.8) is 0 Å². The Bertz CT molecular complexity index is 1460. The van der Waals surface area contributed by atoms with Gasteiger partial charge in [-0.3, -0.25) is 14.6 Å². The number of ketones is 1. The molecule has 188 valence electrons. The molecule has 0 amide bonds. The van der Waals surface area contributed by atoms with Gasteiger partial charge in [0, 0.05) is 22.7 Å². The van der Waals surface area contributed by atoms with Crippen LogP contribution in [0.5, 0.6) is 0 Å². The van der Waals surface area contributed by atoms with Crippen LogP contribution < -0.4 is 4.90 Å². The first-order valence-electron chi connectivity index (χ1n) is 12.4. The number of Topliss-reactive ketones (excluding diaryl/α,β-unsaturated/α-hetero) is 1. The van der Waals surface area contributed by atoms with E-state index in [0.29, 0.717) is 16.8 Å². The van der Waals surface area contributed by atoms with Crippen LogP contribution in [-0.2, 0) is 19.1 Å². The number of carbonyl (C=O) groups is 3. The number of nitrogens with zero attached hydrogens (tertiary/aromatic N) is 2. The molecule has 0 unspecified atom stereocenters. The molecule has 7 heteroatoms. The number of pyridine rings is 1. The highest BCUT2D eigenvalue weighted by Crippen LogP contribution is 2.47. The largest absolute Gasteiger partial charge is 0.462 e. The van der Waals surface area contributed by atoms with Crippen molar-refractivity contribution >= 4 is 40.4 Å². The molecule has 2 aliphatic heterocycles. The monoisotopic (exact) mass is 496 g/mol. The third-order valence-corrected chi connectivity index (χ3v) is 6.36. The lowest BCUT2D eigenvalue weighted by Gasteiger charge is -2.34. The molecule has 0 spiro atoms. The standard InChI is InChI=1S/C30H28N2O5/c1-17(2)36-29(34)23-22-15-14-20-13-12-19-11-8-16-31-25(19)26(20)32(22)27(24(23)30(35)37-18(3)4)28(33)21-9-6-5-7-10-21/h5-18,22-23H,1-4H3/t22-,23+/m0/s1. The van der Waals surface area contributed by atoms with Crippen molar-refractivity contribution in [2.45, 2.75) is 45.9 Å². The number of hydrogen-bond acceptors (Lipinski definition) is 7. The molecule has 1 aromatic heterocycles. The van der Waals surface area contributed by atoms with Gasteiger partial charge in [0.25, 0.3) is 0 Å². The molecule has 2 aliphatic rings. The summed E-state index contributed by atoms with van der Waals surface area (Å²) >= 11 is 0. The quantitative estimate of drug-likeness (QED) is 0.346. The number of anilines is 1. The molecular formula is C30H28N2O5. The predicted molar refractivity (Wildman–Crippen MR) is 141 cm³/mol. The Morgan fingerprint density at radius 2 is 1.62 bits per heavy atom. The van der Waals surface area contributed by atoms with Crippen LogP contribution in [0.1, 0.15) is 43.6 Å². The van der Waals surface area contributed by atoms with Gasteiger partial charge in [-0.05, 0) is 33.8 Å². The van der Waals surface area contributed by atoms with Gasteiger partial charge < -0.3 is 14.4 Å². The third kappa shape index (κ3) is 4.31. The van der Waals surface area contributed by atoms with E-state index in [1.165, 1.54) is 0 Å². The molecule has 37 heavy (non-hydrogen) atoms. The minimum atomic E-state index is -1.06. The first-order valence-corrected chi connectivity index (χ1v) is 12.4. The minimum absolute atomic E-state index is 0.00337. The van der Waals surface area contributed by atoms with Crippen LogP contribution in [0.2, 0.25) is 0 Å². The van der Waals surface area contributed by atoms with E-state index in [-0.39, 0.29) is 17.1 Å². The zero-order chi connectivity index (χ0) is 26.3. The van der Waals surface area contributed by atoms with Gasteiger partial charge in [0.1, 0.15) is 11.6 Å². The Balaban J connectivity index is 1.81. The first-order chi connectivity index (χ1) is 17.8. The molecular weight excluding hydrogens is 468 g/mol. The Hall–Kier alpha value is -4.26. The van der Waals surface area contributed by atoms with Gasteiger partial charge in [0.05, 0.1) is 35.0 Å². The maximum Gasteiger partial charge on any atom is 0.337 e. The Labute approximate surface area is 215 Å². The normalized spacial score (nSPS) is 18.3. The number of ether oxygens (including phenoxy) is 2. The molecule has 3 heterocycles. The van der Waals surface area contributed by atoms with Crippen LogP contribution in [0, 0.1) is 5.92 Å². The number of fused-ring (bicyclic) bond motifs is 5. The average molecular weight is 497 g/mol. The Morgan fingerprint density at radius 3 is 2.32 bits per heavy atom. The Kier molecular flexibility index (Phi) is 6.38. The van der Waals surface area contributed by atoms with Crippen molar-refractivity contribution < 1.29 is 23.9 Å². The molecule has 0 bridgehead atoms. The number of carbonyl (C=O) groups excluding carboxylic acids is 3. The van der Waals surface area contributed by atoms with Crippen LogP contribution in [0.3, 0.4) is 0 Å².